The Bertz CT molecular complexity index is 1280. The third-order valence-corrected chi connectivity index (χ3v) is 6.03. The van der Waals surface area contributed by atoms with Crippen LogP contribution in [0.25, 0.3) is 27.3 Å². The van der Waals surface area contributed by atoms with Gasteiger partial charge in [0.15, 0.2) is 5.65 Å². The molecule has 5 rings (SSSR count). The van der Waals surface area contributed by atoms with Crippen LogP contribution in [0.2, 0.25) is 0 Å². The molecule has 0 aliphatic rings. The highest BCUT2D eigenvalue weighted by Gasteiger charge is 2.18. The largest absolute Gasteiger partial charge is 0.303 e. The zero-order chi connectivity index (χ0) is 19.8. The molecule has 0 saturated heterocycles. The second kappa shape index (κ2) is 7.34. The van der Waals surface area contributed by atoms with Gasteiger partial charge in [0.1, 0.15) is 17.2 Å². The van der Waals surface area contributed by atoms with E-state index >= 15 is 0 Å². The van der Waals surface area contributed by atoms with Crippen LogP contribution in [0.5, 0.6) is 0 Å². The molecule has 0 atom stereocenters. The van der Waals surface area contributed by atoms with Gasteiger partial charge in [-0.25, -0.2) is 14.6 Å². The first-order valence-corrected chi connectivity index (χ1v) is 10.4. The average molecular weight is 464 g/mol. The number of anilines is 2. The lowest BCUT2D eigenvalue weighted by molar-refractivity contribution is 0.895. The van der Waals surface area contributed by atoms with E-state index in [-0.39, 0.29) is 0 Å². The van der Waals surface area contributed by atoms with Crippen LogP contribution in [0.3, 0.4) is 0 Å². The number of fused-ring (bicyclic) bond motifs is 1. The Morgan fingerprint density at radius 2 is 1.76 bits per heavy atom. The standard InChI is InChI=1S/C20H14BrN7S/c1-27(20-26-25-19(29-20)13-7-9-14(21)10-8-13)17-16-11-24-28(18(16)23-12-22-17)15-5-3-2-4-6-15/h2-12H,1H3. The second-order valence-corrected chi connectivity index (χ2v) is 8.15. The molecule has 0 saturated carbocycles. The van der Waals surface area contributed by atoms with Crippen LogP contribution in [0.4, 0.5) is 10.9 Å². The van der Waals surface area contributed by atoms with Crippen molar-refractivity contribution in [3.8, 4) is 16.3 Å². The smallest absolute Gasteiger partial charge is 0.213 e. The van der Waals surface area contributed by atoms with Gasteiger partial charge in [0.2, 0.25) is 5.13 Å². The first-order valence-electron chi connectivity index (χ1n) is 8.78. The van der Waals surface area contributed by atoms with Gasteiger partial charge >= 0.3 is 0 Å². The summed E-state index contributed by atoms with van der Waals surface area (Å²) < 4.78 is 2.84. The number of benzene rings is 2. The molecule has 5 aromatic rings. The molecule has 142 valence electrons. The van der Waals surface area contributed by atoms with Crippen LogP contribution in [-0.2, 0) is 0 Å². The van der Waals surface area contributed by atoms with E-state index < -0.39 is 0 Å². The highest BCUT2D eigenvalue weighted by atomic mass is 79.9. The van der Waals surface area contributed by atoms with Crippen LogP contribution in [-0.4, -0.2) is 37.0 Å². The summed E-state index contributed by atoms with van der Waals surface area (Å²) in [5.74, 6) is 0.732. The van der Waals surface area contributed by atoms with E-state index in [4.69, 9.17) is 0 Å². The van der Waals surface area contributed by atoms with Crippen molar-refractivity contribution in [1.82, 2.24) is 29.9 Å². The first-order chi connectivity index (χ1) is 14.2. The monoisotopic (exact) mass is 463 g/mol. The number of rotatable bonds is 4. The Hall–Kier alpha value is -3.17. The maximum absolute atomic E-state index is 4.51. The zero-order valence-corrected chi connectivity index (χ0v) is 17.7. The molecule has 0 aliphatic heterocycles. The third kappa shape index (κ3) is 3.28. The molecule has 29 heavy (non-hydrogen) atoms. The maximum atomic E-state index is 4.51. The van der Waals surface area contributed by atoms with E-state index in [9.17, 15) is 0 Å². The molecular formula is C20H14BrN7S. The van der Waals surface area contributed by atoms with E-state index in [1.54, 1.807) is 12.5 Å². The molecule has 3 aromatic heterocycles. The molecule has 0 bridgehead atoms. The van der Waals surface area contributed by atoms with Crippen LogP contribution in [0, 0.1) is 0 Å². The number of para-hydroxylation sites is 1. The predicted octanol–water partition coefficient (Wildman–Crippen LogP) is 4.86. The Labute approximate surface area is 178 Å². The molecule has 0 spiro atoms. The van der Waals surface area contributed by atoms with Gasteiger partial charge < -0.3 is 4.90 Å². The molecule has 0 amide bonds. The normalized spacial score (nSPS) is 11.1. The molecule has 0 aliphatic carbocycles. The quantitative estimate of drug-likeness (QED) is 0.378. The van der Waals surface area contributed by atoms with Gasteiger partial charge in [-0.3, -0.25) is 0 Å². The molecule has 9 heteroatoms. The van der Waals surface area contributed by atoms with Crippen molar-refractivity contribution >= 4 is 49.2 Å². The van der Waals surface area contributed by atoms with E-state index in [2.05, 4.69) is 41.2 Å². The summed E-state index contributed by atoms with van der Waals surface area (Å²) >= 11 is 4.96. The molecule has 3 heterocycles. The first kappa shape index (κ1) is 17.9. The highest BCUT2D eigenvalue weighted by Crippen LogP contribution is 2.34. The fourth-order valence-corrected chi connectivity index (χ4v) is 4.09. The molecular weight excluding hydrogens is 450 g/mol. The minimum Gasteiger partial charge on any atom is -0.303 e. The van der Waals surface area contributed by atoms with Crippen molar-refractivity contribution in [1.29, 1.82) is 0 Å². The summed E-state index contributed by atoms with van der Waals surface area (Å²) in [6.45, 7) is 0. The van der Waals surface area contributed by atoms with Gasteiger partial charge in [-0.1, -0.05) is 57.6 Å². The lowest BCUT2D eigenvalue weighted by Gasteiger charge is -2.14. The maximum Gasteiger partial charge on any atom is 0.213 e. The summed E-state index contributed by atoms with van der Waals surface area (Å²) in [5, 5.41) is 15.7. The average Bonchev–Trinajstić information content (AvgIpc) is 3.42. The molecule has 0 N–H and O–H groups in total. The number of halogens is 1. The fraction of sp³-hybridized carbons (Fsp3) is 0.0500. The summed E-state index contributed by atoms with van der Waals surface area (Å²) in [4.78, 5) is 10.8. The fourth-order valence-electron chi connectivity index (χ4n) is 3.01. The Balaban J connectivity index is 1.53. The van der Waals surface area contributed by atoms with Crippen LogP contribution in [0.1, 0.15) is 0 Å². The number of hydrogen-bond donors (Lipinski definition) is 0. The van der Waals surface area contributed by atoms with E-state index in [0.29, 0.717) is 0 Å². The molecule has 2 aromatic carbocycles. The molecule has 0 radical (unpaired) electrons. The number of aromatic nitrogens is 6. The lowest BCUT2D eigenvalue weighted by atomic mass is 10.2. The zero-order valence-electron chi connectivity index (χ0n) is 15.3. The summed E-state index contributed by atoms with van der Waals surface area (Å²) in [5.41, 5.74) is 2.71. The number of hydrogen-bond acceptors (Lipinski definition) is 7. The summed E-state index contributed by atoms with van der Waals surface area (Å²) in [6.07, 6.45) is 3.33. The molecule has 0 unspecified atom stereocenters. The Morgan fingerprint density at radius 1 is 0.966 bits per heavy atom. The van der Waals surface area contributed by atoms with Crippen molar-refractivity contribution in [2.75, 3.05) is 11.9 Å². The van der Waals surface area contributed by atoms with Gasteiger partial charge in [-0.2, -0.15) is 5.10 Å². The Kier molecular flexibility index (Phi) is 4.53. The topological polar surface area (TPSA) is 72.6 Å². The van der Waals surface area contributed by atoms with E-state index in [1.165, 1.54) is 11.3 Å². The third-order valence-electron chi connectivity index (χ3n) is 4.46. The van der Waals surface area contributed by atoms with Crippen molar-refractivity contribution in [3.05, 3.63) is 71.6 Å². The molecule has 7 nitrogen and oxygen atoms in total. The van der Waals surface area contributed by atoms with Crippen molar-refractivity contribution in [3.63, 3.8) is 0 Å². The predicted molar refractivity (Wildman–Crippen MR) is 118 cm³/mol. The number of nitrogens with zero attached hydrogens (tertiary/aromatic N) is 7. The van der Waals surface area contributed by atoms with Crippen LogP contribution < -0.4 is 4.90 Å². The summed E-state index contributed by atoms with van der Waals surface area (Å²) in [7, 11) is 1.92. The Morgan fingerprint density at radius 3 is 2.55 bits per heavy atom. The van der Waals surface area contributed by atoms with Gasteiger partial charge in [0.05, 0.1) is 17.3 Å². The van der Waals surface area contributed by atoms with Gasteiger partial charge in [-0.15, -0.1) is 10.2 Å². The van der Waals surface area contributed by atoms with Gasteiger partial charge in [0.25, 0.3) is 0 Å². The van der Waals surface area contributed by atoms with Crippen molar-refractivity contribution in [2.45, 2.75) is 0 Å². The lowest BCUT2D eigenvalue weighted by Crippen LogP contribution is -2.11. The minimum absolute atomic E-state index is 0.732. The SMILES string of the molecule is CN(c1nnc(-c2ccc(Br)cc2)s1)c1ncnc2c1cnn2-c1ccccc1. The van der Waals surface area contributed by atoms with Crippen molar-refractivity contribution < 1.29 is 0 Å². The van der Waals surface area contributed by atoms with E-state index in [1.807, 2.05) is 71.2 Å². The summed E-state index contributed by atoms with van der Waals surface area (Å²) in [6, 6.07) is 17.9. The minimum atomic E-state index is 0.732. The highest BCUT2D eigenvalue weighted by molar-refractivity contribution is 9.10. The van der Waals surface area contributed by atoms with Crippen LogP contribution >= 0.6 is 27.3 Å². The van der Waals surface area contributed by atoms with Crippen LogP contribution in [0.15, 0.2) is 71.6 Å². The van der Waals surface area contributed by atoms with Gasteiger partial charge in [-0.05, 0) is 24.3 Å². The molecule has 0 fully saturated rings. The van der Waals surface area contributed by atoms with E-state index in [0.717, 1.165) is 42.7 Å². The second-order valence-electron chi connectivity index (χ2n) is 6.28. The van der Waals surface area contributed by atoms with Crippen molar-refractivity contribution in [2.24, 2.45) is 0 Å². The van der Waals surface area contributed by atoms with Gasteiger partial charge in [0, 0.05) is 17.1 Å².